The van der Waals surface area contributed by atoms with E-state index in [1.54, 1.807) is 24.0 Å². The number of aliphatic hydroxyl groups excluding tert-OH is 3. The Bertz CT molecular complexity index is 410. The van der Waals surface area contributed by atoms with Gasteiger partial charge in [-0.1, -0.05) is 12.1 Å². The molecule has 0 bridgehead atoms. The SMILES string of the molecule is Cc1cccc(C(=O)O)c1O.OCCN(CCO)CCO. The number of hydrogen-bond acceptors (Lipinski definition) is 6. The first-order valence-electron chi connectivity index (χ1n) is 6.54. The molecule has 21 heavy (non-hydrogen) atoms. The lowest BCUT2D eigenvalue weighted by molar-refractivity contribution is 0.0693. The lowest BCUT2D eigenvalue weighted by Gasteiger charge is -2.17. The van der Waals surface area contributed by atoms with E-state index in [0.29, 0.717) is 25.2 Å². The van der Waals surface area contributed by atoms with Crippen molar-refractivity contribution in [2.24, 2.45) is 0 Å². The Morgan fingerprint density at radius 2 is 1.52 bits per heavy atom. The average Bonchev–Trinajstić information content (AvgIpc) is 2.43. The van der Waals surface area contributed by atoms with Gasteiger partial charge in [0.25, 0.3) is 0 Å². The van der Waals surface area contributed by atoms with E-state index in [9.17, 15) is 9.90 Å². The van der Waals surface area contributed by atoms with Gasteiger partial charge >= 0.3 is 5.97 Å². The fraction of sp³-hybridized carbons (Fsp3) is 0.500. The number of hydrogen-bond donors (Lipinski definition) is 5. The van der Waals surface area contributed by atoms with Crippen molar-refractivity contribution in [1.29, 1.82) is 0 Å². The second kappa shape index (κ2) is 11.0. The molecule has 5 N–H and O–H groups in total. The Morgan fingerprint density at radius 3 is 1.86 bits per heavy atom. The summed E-state index contributed by atoms with van der Waals surface area (Å²) in [5.74, 6) is -1.26. The molecule has 7 heteroatoms. The lowest BCUT2D eigenvalue weighted by Crippen LogP contribution is -2.32. The van der Waals surface area contributed by atoms with E-state index < -0.39 is 5.97 Å². The number of carboxylic acids is 1. The molecule has 0 amide bonds. The molecule has 1 aromatic rings. The molecule has 7 nitrogen and oxygen atoms in total. The van der Waals surface area contributed by atoms with Gasteiger partial charge in [-0.05, 0) is 18.6 Å². The van der Waals surface area contributed by atoms with Crippen LogP contribution in [0, 0.1) is 6.92 Å². The van der Waals surface area contributed by atoms with Crippen molar-refractivity contribution in [3.8, 4) is 5.75 Å². The van der Waals surface area contributed by atoms with E-state index in [0.717, 1.165) is 0 Å². The fourth-order valence-electron chi connectivity index (χ4n) is 1.59. The third-order valence-corrected chi connectivity index (χ3v) is 2.72. The Morgan fingerprint density at radius 1 is 1.05 bits per heavy atom. The van der Waals surface area contributed by atoms with Crippen molar-refractivity contribution in [2.75, 3.05) is 39.5 Å². The van der Waals surface area contributed by atoms with E-state index in [-0.39, 0.29) is 31.1 Å². The third kappa shape index (κ3) is 7.62. The first-order valence-corrected chi connectivity index (χ1v) is 6.54. The molecule has 0 fully saturated rings. The van der Waals surface area contributed by atoms with Gasteiger partial charge in [-0.2, -0.15) is 0 Å². The van der Waals surface area contributed by atoms with E-state index in [1.807, 2.05) is 0 Å². The molecule has 1 rings (SSSR count). The minimum Gasteiger partial charge on any atom is -0.507 e. The van der Waals surface area contributed by atoms with Crippen LogP contribution in [0.1, 0.15) is 15.9 Å². The second-order valence-corrected chi connectivity index (χ2v) is 4.29. The maximum atomic E-state index is 10.4. The van der Waals surface area contributed by atoms with Crippen LogP contribution in [0.2, 0.25) is 0 Å². The lowest BCUT2D eigenvalue weighted by atomic mass is 10.1. The first-order chi connectivity index (χ1) is 9.97. The first kappa shape index (κ1) is 19.3. The highest BCUT2D eigenvalue weighted by molar-refractivity contribution is 5.91. The standard InChI is InChI=1S/C8H8O3.C6H15NO3/c1-5-3-2-4-6(7(5)9)8(10)11;8-4-1-7(2-5-9)3-6-10/h2-4,9H,1H3,(H,10,11);8-10H,1-6H2. The van der Waals surface area contributed by atoms with Crippen molar-refractivity contribution in [2.45, 2.75) is 6.92 Å². The number of nitrogens with zero attached hydrogens (tertiary/aromatic N) is 1. The summed E-state index contributed by atoms with van der Waals surface area (Å²) >= 11 is 0. The summed E-state index contributed by atoms with van der Waals surface area (Å²) in [6.45, 7) is 3.41. The molecular weight excluding hydrogens is 278 g/mol. The molecule has 0 aliphatic carbocycles. The smallest absolute Gasteiger partial charge is 0.339 e. The molecule has 0 aliphatic rings. The highest BCUT2D eigenvalue weighted by Gasteiger charge is 2.09. The molecule has 0 aliphatic heterocycles. The zero-order valence-electron chi connectivity index (χ0n) is 12.1. The summed E-state index contributed by atoms with van der Waals surface area (Å²) in [7, 11) is 0. The van der Waals surface area contributed by atoms with Crippen LogP contribution < -0.4 is 0 Å². The fourth-order valence-corrected chi connectivity index (χ4v) is 1.59. The van der Waals surface area contributed by atoms with Gasteiger partial charge in [-0.15, -0.1) is 0 Å². The van der Waals surface area contributed by atoms with E-state index >= 15 is 0 Å². The van der Waals surface area contributed by atoms with E-state index in [2.05, 4.69) is 0 Å². The van der Waals surface area contributed by atoms with Crippen LogP contribution in [0.15, 0.2) is 18.2 Å². The molecule has 0 radical (unpaired) electrons. The predicted octanol–water partition coefficient (Wildman–Crippen LogP) is -0.336. The zero-order chi connectivity index (χ0) is 16.3. The topological polar surface area (TPSA) is 121 Å². The molecular formula is C14H23NO6. The number of rotatable bonds is 7. The Labute approximate surface area is 123 Å². The number of para-hydroxylation sites is 1. The summed E-state index contributed by atoms with van der Waals surface area (Å²) in [6, 6.07) is 4.62. The summed E-state index contributed by atoms with van der Waals surface area (Å²) in [5.41, 5.74) is 0.523. The van der Waals surface area contributed by atoms with Gasteiger partial charge in [0.05, 0.1) is 19.8 Å². The molecule has 120 valence electrons. The molecule has 1 aromatic carbocycles. The van der Waals surface area contributed by atoms with E-state index in [1.165, 1.54) is 6.07 Å². The molecule has 0 saturated carbocycles. The van der Waals surface area contributed by atoms with E-state index in [4.69, 9.17) is 20.4 Å². The largest absolute Gasteiger partial charge is 0.507 e. The minimum atomic E-state index is -1.11. The van der Waals surface area contributed by atoms with Crippen molar-refractivity contribution in [3.05, 3.63) is 29.3 Å². The number of carbonyl (C=O) groups is 1. The zero-order valence-corrected chi connectivity index (χ0v) is 12.1. The Balaban J connectivity index is 0.000000384. The number of benzene rings is 1. The van der Waals surface area contributed by atoms with Crippen LogP contribution >= 0.6 is 0 Å². The molecule has 0 aromatic heterocycles. The Hall–Kier alpha value is -1.67. The maximum Gasteiger partial charge on any atom is 0.339 e. The van der Waals surface area contributed by atoms with Crippen molar-refractivity contribution in [3.63, 3.8) is 0 Å². The van der Waals surface area contributed by atoms with Crippen LogP contribution in [0.25, 0.3) is 0 Å². The van der Waals surface area contributed by atoms with Gasteiger partial charge in [0.1, 0.15) is 11.3 Å². The normalized spacial score (nSPS) is 10.1. The van der Waals surface area contributed by atoms with Gasteiger partial charge in [0.15, 0.2) is 0 Å². The molecule has 0 spiro atoms. The van der Waals surface area contributed by atoms with Gasteiger partial charge in [0.2, 0.25) is 0 Å². The maximum absolute atomic E-state index is 10.4. The third-order valence-electron chi connectivity index (χ3n) is 2.72. The Kier molecular flexibility index (Phi) is 10.2. The van der Waals surface area contributed by atoms with Gasteiger partial charge in [0, 0.05) is 19.6 Å². The second-order valence-electron chi connectivity index (χ2n) is 4.29. The summed E-state index contributed by atoms with van der Waals surface area (Å²) in [4.78, 5) is 12.2. The molecule has 0 heterocycles. The van der Waals surface area contributed by atoms with Gasteiger partial charge in [-0.25, -0.2) is 4.79 Å². The molecule has 0 atom stereocenters. The highest BCUT2D eigenvalue weighted by atomic mass is 16.4. The van der Waals surface area contributed by atoms with Crippen molar-refractivity contribution >= 4 is 5.97 Å². The van der Waals surface area contributed by atoms with Gasteiger partial charge < -0.3 is 25.5 Å². The van der Waals surface area contributed by atoms with Crippen LogP contribution in [0.3, 0.4) is 0 Å². The highest BCUT2D eigenvalue weighted by Crippen LogP contribution is 2.20. The summed E-state index contributed by atoms with van der Waals surface area (Å²) < 4.78 is 0. The van der Waals surface area contributed by atoms with Crippen LogP contribution in [0.5, 0.6) is 5.75 Å². The number of phenols is 1. The quantitative estimate of drug-likeness (QED) is 0.467. The molecule has 0 saturated heterocycles. The number of aryl methyl sites for hydroxylation is 1. The predicted molar refractivity (Wildman–Crippen MR) is 77.5 cm³/mol. The monoisotopic (exact) mass is 301 g/mol. The number of aliphatic hydroxyl groups is 3. The van der Waals surface area contributed by atoms with Crippen molar-refractivity contribution in [1.82, 2.24) is 4.90 Å². The average molecular weight is 301 g/mol. The summed E-state index contributed by atoms with van der Waals surface area (Å²) in [6.07, 6.45) is 0. The molecule has 0 unspecified atom stereocenters. The van der Waals surface area contributed by atoms with Crippen LogP contribution in [0.4, 0.5) is 0 Å². The number of aromatic carboxylic acids is 1. The van der Waals surface area contributed by atoms with Gasteiger partial charge in [-0.3, -0.25) is 4.90 Å². The summed E-state index contributed by atoms with van der Waals surface area (Å²) in [5, 5.41) is 43.2. The van der Waals surface area contributed by atoms with Crippen LogP contribution in [-0.4, -0.2) is 75.9 Å². The van der Waals surface area contributed by atoms with Crippen LogP contribution in [-0.2, 0) is 0 Å². The van der Waals surface area contributed by atoms with Crippen molar-refractivity contribution < 1.29 is 30.3 Å². The minimum absolute atomic E-state index is 0.0509. The number of carboxylic acid groups (broad SMARTS) is 1. The number of aromatic hydroxyl groups is 1.